The highest BCUT2D eigenvalue weighted by Gasteiger charge is 2.27. The molecule has 0 aliphatic heterocycles. The molecular formula is C12H13ClINO. The van der Waals surface area contributed by atoms with Crippen LogP contribution < -0.4 is 5.32 Å². The third kappa shape index (κ3) is 2.69. The average Bonchev–Trinajstić information content (AvgIpc) is 2.65. The molecule has 2 nitrogen and oxygen atoms in total. The van der Waals surface area contributed by atoms with Gasteiger partial charge in [0, 0.05) is 9.61 Å². The molecule has 4 heteroatoms. The number of alkyl halides is 1. The summed E-state index contributed by atoms with van der Waals surface area (Å²) in [4.78, 5) is 12.0. The molecule has 1 N–H and O–H groups in total. The molecule has 0 bridgehead atoms. The normalized spacial score (nSPS) is 24.4. The fourth-order valence-corrected chi connectivity index (χ4v) is 2.94. The minimum Gasteiger partial charge on any atom is -0.348 e. The second-order valence-corrected chi connectivity index (χ2v) is 5.73. The van der Waals surface area contributed by atoms with Crippen LogP contribution in [0.1, 0.15) is 29.6 Å². The Balaban J connectivity index is 2.06. The Labute approximate surface area is 114 Å². The predicted molar refractivity (Wildman–Crippen MR) is 73.9 cm³/mol. The van der Waals surface area contributed by atoms with E-state index in [0.29, 0.717) is 0 Å². The largest absolute Gasteiger partial charge is 0.348 e. The molecule has 1 fully saturated rings. The Morgan fingerprint density at radius 3 is 2.75 bits per heavy atom. The van der Waals surface area contributed by atoms with Crippen molar-refractivity contribution < 1.29 is 4.79 Å². The quantitative estimate of drug-likeness (QED) is 0.645. The van der Waals surface area contributed by atoms with Gasteiger partial charge in [0.15, 0.2) is 0 Å². The van der Waals surface area contributed by atoms with Gasteiger partial charge in [-0.25, -0.2) is 0 Å². The van der Waals surface area contributed by atoms with E-state index < -0.39 is 0 Å². The van der Waals surface area contributed by atoms with E-state index in [1.165, 1.54) is 0 Å². The van der Waals surface area contributed by atoms with E-state index in [2.05, 4.69) is 27.9 Å². The molecule has 86 valence electrons. The standard InChI is InChI=1S/C12H13ClINO/c13-9-5-3-7-11(9)15-12(16)8-4-1-2-6-10(8)14/h1-2,4,6,9,11H,3,5,7H2,(H,15,16). The number of benzene rings is 1. The maximum Gasteiger partial charge on any atom is 0.252 e. The van der Waals surface area contributed by atoms with Crippen molar-refractivity contribution in [3.05, 3.63) is 33.4 Å². The van der Waals surface area contributed by atoms with Gasteiger partial charge in [-0.05, 0) is 54.0 Å². The minimum atomic E-state index is -0.0115. The van der Waals surface area contributed by atoms with Crippen LogP contribution in [0.5, 0.6) is 0 Å². The van der Waals surface area contributed by atoms with Gasteiger partial charge in [0.1, 0.15) is 0 Å². The van der Waals surface area contributed by atoms with Crippen molar-refractivity contribution in [1.29, 1.82) is 0 Å². The maximum absolute atomic E-state index is 12.0. The molecule has 0 heterocycles. The molecule has 1 saturated carbocycles. The number of carbonyl (C=O) groups is 1. The lowest BCUT2D eigenvalue weighted by atomic mass is 10.2. The van der Waals surface area contributed by atoms with Gasteiger partial charge in [-0.3, -0.25) is 4.79 Å². The summed E-state index contributed by atoms with van der Waals surface area (Å²) in [7, 11) is 0. The summed E-state index contributed by atoms with van der Waals surface area (Å²) in [6, 6.07) is 7.71. The first-order valence-corrected chi connectivity index (χ1v) is 6.89. The van der Waals surface area contributed by atoms with Crippen molar-refractivity contribution in [2.45, 2.75) is 30.7 Å². The van der Waals surface area contributed by atoms with Crippen molar-refractivity contribution in [3.63, 3.8) is 0 Å². The predicted octanol–water partition coefficient (Wildman–Crippen LogP) is 3.18. The molecule has 2 unspecified atom stereocenters. The van der Waals surface area contributed by atoms with E-state index in [1.54, 1.807) is 0 Å². The monoisotopic (exact) mass is 349 g/mol. The fraction of sp³-hybridized carbons (Fsp3) is 0.417. The number of carbonyl (C=O) groups excluding carboxylic acids is 1. The van der Waals surface area contributed by atoms with E-state index >= 15 is 0 Å². The number of rotatable bonds is 2. The third-order valence-corrected chi connectivity index (χ3v) is 4.33. The van der Waals surface area contributed by atoms with Gasteiger partial charge >= 0.3 is 0 Å². The highest BCUT2D eigenvalue weighted by molar-refractivity contribution is 14.1. The lowest BCUT2D eigenvalue weighted by molar-refractivity contribution is 0.0937. The molecule has 1 aliphatic carbocycles. The smallest absolute Gasteiger partial charge is 0.252 e. The van der Waals surface area contributed by atoms with E-state index in [9.17, 15) is 4.79 Å². The van der Waals surface area contributed by atoms with Crippen LogP contribution in [-0.4, -0.2) is 17.3 Å². The van der Waals surface area contributed by atoms with E-state index in [4.69, 9.17) is 11.6 Å². The van der Waals surface area contributed by atoms with Gasteiger partial charge < -0.3 is 5.32 Å². The van der Waals surface area contributed by atoms with Crippen molar-refractivity contribution in [2.75, 3.05) is 0 Å². The third-order valence-electron chi connectivity index (χ3n) is 2.87. The van der Waals surface area contributed by atoms with E-state index in [0.717, 1.165) is 28.4 Å². The zero-order chi connectivity index (χ0) is 11.5. The number of nitrogens with one attached hydrogen (secondary N) is 1. The van der Waals surface area contributed by atoms with Crippen LogP contribution in [-0.2, 0) is 0 Å². The van der Waals surface area contributed by atoms with Crippen LogP contribution >= 0.6 is 34.2 Å². The highest BCUT2D eigenvalue weighted by atomic mass is 127. The summed E-state index contributed by atoms with van der Waals surface area (Å²) in [6.07, 6.45) is 3.09. The highest BCUT2D eigenvalue weighted by Crippen LogP contribution is 2.24. The van der Waals surface area contributed by atoms with Gasteiger partial charge in [0.2, 0.25) is 0 Å². The first-order valence-electron chi connectivity index (χ1n) is 5.38. The van der Waals surface area contributed by atoms with Crippen LogP contribution in [0.3, 0.4) is 0 Å². The molecule has 0 radical (unpaired) electrons. The SMILES string of the molecule is O=C(NC1CCCC1Cl)c1ccccc1I. The van der Waals surface area contributed by atoms with Crippen LogP contribution in [0.25, 0.3) is 0 Å². The minimum absolute atomic E-state index is 0.0115. The second kappa shape index (κ2) is 5.36. The number of hydrogen-bond acceptors (Lipinski definition) is 1. The Bertz CT molecular complexity index is 396. The number of halogens is 2. The van der Waals surface area contributed by atoms with Crippen molar-refractivity contribution in [3.8, 4) is 0 Å². The molecular weight excluding hydrogens is 336 g/mol. The Hall–Kier alpha value is -0.290. The van der Waals surface area contributed by atoms with Gasteiger partial charge in [-0.1, -0.05) is 12.1 Å². The molecule has 1 aromatic rings. The summed E-state index contributed by atoms with van der Waals surface area (Å²) in [5.74, 6) is -0.0115. The van der Waals surface area contributed by atoms with Crippen LogP contribution in [0.2, 0.25) is 0 Å². The van der Waals surface area contributed by atoms with Gasteiger partial charge in [0.25, 0.3) is 5.91 Å². The molecule has 0 saturated heterocycles. The van der Waals surface area contributed by atoms with Crippen molar-refractivity contribution >= 4 is 40.1 Å². The first kappa shape index (κ1) is 12.2. The van der Waals surface area contributed by atoms with Gasteiger partial charge in [0.05, 0.1) is 10.9 Å². The molecule has 2 rings (SSSR count). The molecule has 0 aromatic heterocycles. The summed E-state index contributed by atoms with van der Waals surface area (Å²) in [6.45, 7) is 0. The van der Waals surface area contributed by atoms with Gasteiger partial charge in [-0.2, -0.15) is 0 Å². The van der Waals surface area contributed by atoms with E-state index in [-0.39, 0.29) is 17.3 Å². The van der Waals surface area contributed by atoms with E-state index in [1.807, 2.05) is 24.3 Å². The summed E-state index contributed by atoms with van der Waals surface area (Å²) >= 11 is 8.31. The molecule has 1 aromatic carbocycles. The molecule has 16 heavy (non-hydrogen) atoms. The lowest BCUT2D eigenvalue weighted by Gasteiger charge is -2.16. The topological polar surface area (TPSA) is 29.1 Å². The van der Waals surface area contributed by atoms with Crippen LogP contribution in [0.4, 0.5) is 0 Å². The molecule has 2 atom stereocenters. The molecule has 0 spiro atoms. The van der Waals surface area contributed by atoms with Crippen LogP contribution in [0, 0.1) is 3.57 Å². The number of hydrogen-bond donors (Lipinski definition) is 1. The number of amides is 1. The Morgan fingerprint density at radius 2 is 2.12 bits per heavy atom. The Kier molecular flexibility index (Phi) is 4.08. The summed E-state index contributed by atoms with van der Waals surface area (Å²) in [5.41, 5.74) is 0.735. The zero-order valence-corrected chi connectivity index (χ0v) is 11.7. The van der Waals surface area contributed by atoms with Crippen molar-refractivity contribution in [2.24, 2.45) is 0 Å². The second-order valence-electron chi connectivity index (χ2n) is 4.01. The average molecular weight is 350 g/mol. The Morgan fingerprint density at radius 1 is 1.38 bits per heavy atom. The molecule has 1 aliphatic rings. The maximum atomic E-state index is 12.0. The fourth-order valence-electron chi connectivity index (χ4n) is 1.97. The van der Waals surface area contributed by atoms with Crippen LogP contribution in [0.15, 0.2) is 24.3 Å². The van der Waals surface area contributed by atoms with Gasteiger partial charge in [-0.15, -0.1) is 11.6 Å². The summed E-state index contributed by atoms with van der Waals surface area (Å²) in [5, 5.41) is 3.10. The first-order chi connectivity index (χ1) is 7.68. The lowest BCUT2D eigenvalue weighted by Crippen LogP contribution is -2.38. The molecule has 1 amide bonds. The summed E-state index contributed by atoms with van der Waals surface area (Å²) < 4.78 is 0.974. The zero-order valence-electron chi connectivity index (χ0n) is 8.75. The van der Waals surface area contributed by atoms with Crippen molar-refractivity contribution in [1.82, 2.24) is 5.32 Å².